The Bertz CT molecular complexity index is 662. The maximum Gasteiger partial charge on any atom is 0.289 e. The molecule has 1 aliphatic heterocycles. The number of rotatable bonds is 2. The lowest BCUT2D eigenvalue weighted by Gasteiger charge is -2.34. The monoisotopic (exact) mass is 335 g/mol. The van der Waals surface area contributed by atoms with E-state index in [2.05, 4.69) is 0 Å². The van der Waals surface area contributed by atoms with Gasteiger partial charge in [-0.05, 0) is 36.4 Å². The molecule has 3 rings (SSSR count). The zero-order chi connectivity index (χ0) is 15.5. The summed E-state index contributed by atoms with van der Waals surface area (Å²) in [4.78, 5) is 28.0. The van der Waals surface area contributed by atoms with E-state index in [0.717, 1.165) is 0 Å². The summed E-state index contributed by atoms with van der Waals surface area (Å²) in [6, 6.07) is 10.2. The normalized spacial score (nSPS) is 14.3. The molecule has 23 heavy (non-hydrogen) atoms. The lowest BCUT2D eigenvalue weighted by atomic mass is 10.1. The maximum absolute atomic E-state index is 12.4. The van der Waals surface area contributed by atoms with E-state index >= 15 is 0 Å². The molecule has 1 fully saturated rings. The summed E-state index contributed by atoms with van der Waals surface area (Å²) in [5.74, 6) is 0.160. The molecule has 6 nitrogen and oxygen atoms in total. The smallest absolute Gasteiger partial charge is 0.289 e. The van der Waals surface area contributed by atoms with Gasteiger partial charge in [0.1, 0.15) is 0 Å². The van der Waals surface area contributed by atoms with E-state index in [0.29, 0.717) is 43.2 Å². The Morgan fingerprint density at radius 3 is 2.00 bits per heavy atom. The average molecular weight is 336 g/mol. The Morgan fingerprint density at radius 2 is 1.48 bits per heavy atom. The minimum absolute atomic E-state index is 0. The molecular weight excluding hydrogens is 318 g/mol. The van der Waals surface area contributed by atoms with Crippen LogP contribution in [0.3, 0.4) is 0 Å². The van der Waals surface area contributed by atoms with Gasteiger partial charge in [-0.15, -0.1) is 12.4 Å². The van der Waals surface area contributed by atoms with Gasteiger partial charge in [-0.3, -0.25) is 9.59 Å². The van der Waals surface area contributed by atoms with E-state index in [1.807, 2.05) is 0 Å². The molecule has 0 saturated carbocycles. The number of amides is 2. The topological polar surface area (TPSA) is 79.8 Å². The van der Waals surface area contributed by atoms with E-state index in [-0.39, 0.29) is 24.2 Å². The largest absolute Gasteiger partial charge is 0.459 e. The molecule has 0 bridgehead atoms. The van der Waals surface area contributed by atoms with E-state index < -0.39 is 0 Å². The van der Waals surface area contributed by atoms with Crippen molar-refractivity contribution in [1.82, 2.24) is 9.80 Å². The molecule has 2 heterocycles. The van der Waals surface area contributed by atoms with Crippen molar-refractivity contribution in [1.29, 1.82) is 0 Å². The molecule has 1 saturated heterocycles. The van der Waals surface area contributed by atoms with Crippen LogP contribution in [0.25, 0.3) is 0 Å². The van der Waals surface area contributed by atoms with Crippen molar-refractivity contribution in [3.8, 4) is 0 Å². The van der Waals surface area contributed by atoms with Crippen LogP contribution in [0.4, 0.5) is 5.69 Å². The molecule has 7 heteroatoms. The molecule has 0 unspecified atom stereocenters. The predicted molar refractivity (Wildman–Crippen MR) is 88.6 cm³/mol. The summed E-state index contributed by atoms with van der Waals surface area (Å²) in [6.07, 6.45) is 1.48. The second-order valence-electron chi connectivity index (χ2n) is 5.18. The Kier molecular flexibility index (Phi) is 5.28. The van der Waals surface area contributed by atoms with Crippen LogP contribution in [0.5, 0.6) is 0 Å². The number of nitrogens with zero attached hydrogens (tertiary/aromatic N) is 2. The van der Waals surface area contributed by atoms with Crippen LogP contribution in [0.2, 0.25) is 0 Å². The van der Waals surface area contributed by atoms with Gasteiger partial charge in [-0.25, -0.2) is 0 Å². The van der Waals surface area contributed by atoms with E-state index in [4.69, 9.17) is 10.2 Å². The van der Waals surface area contributed by atoms with Gasteiger partial charge < -0.3 is 20.0 Å². The second-order valence-corrected chi connectivity index (χ2v) is 5.18. The number of carbonyl (C=O) groups excluding carboxylic acids is 2. The standard InChI is InChI=1S/C16H17N3O3.ClH/c17-13-5-3-12(4-6-13)15(20)18-7-9-19(10-8-18)16(21)14-2-1-11-22-14;/h1-6,11H,7-10,17H2;1H. The van der Waals surface area contributed by atoms with Crippen molar-refractivity contribution in [2.45, 2.75) is 0 Å². The summed E-state index contributed by atoms with van der Waals surface area (Å²) in [6.45, 7) is 2.02. The van der Waals surface area contributed by atoms with Crippen LogP contribution in [0, 0.1) is 0 Å². The van der Waals surface area contributed by atoms with Gasteiger partial charge in [0.15, 0.2) is 5.76 Å². The van der Waals surface area contributed by atoms with E-state index in [1.165, 1.54) is 6.26 Å². The highest BCUT2D eigenvalue weighted by Gasteiger charge is 2.26. The van der Waals surface area contributed by atoms with Gasteiger partial charge in [0.2, 0.25) is 0 Å². The molecule has 0 radical (unpaired) electrons. The van der Waals surface area contributed by atoms with Gasteiger partial charge in [-0.2, -0.15) is 0 Å². The van der Waals surface area contributed by atoms with Crippen LogP contribution in [-0.2, 0) is 0 Å². The van der Waals surface area contributed by atoms with Crippen LogP contribution < -0.4 is 5.73 Å². The minimum Gasteiger partial charge on any atom is -0.459 e. The average Bonchev–Trinajstić information content (AvgIpc) is 3.09. The first-order chi connectivity index (χ1) is 10.6. The maximum atomic E-state index is 12.4. The van der Waals surface area contributed by atoms with Gasteiger partial charge in [0.25, 0.3) is 11.8 Å². The number of piperazine rings is 1. The van der Waals surface area contributed by atoms with Crippen molar-refractivity contribution in [2.75, 3.05) is 31.9 Å². The quantitative estimate of drug-likeness (QED) is 0.850. The van der Waals surface area contributed by atoms with Crippen LogP contribution in [-0.4, -0.2) is 47.8 Å². The van der Waals surface area contributed by atoms with Crippen molar-refractivity contribution >= 4 is 29.9 Å². The van der Waals surface area contributed by atoms with Crippen LogP contribution >= 0.6 is 12.4 Å². The molecule has 1 aromatic carbocycles. The highest BCUT2D eigenvalue weighted by molar-refractivity contribution is 5.95. The van der Waals surface area contributed by atoms with Crippen molar-refractivity contribution in [3.05, 3.63) is 54.0 Å². The number of furan rings is 1. The second kappa shape index (κ2) is 7.19. The number of nitrogen functional groups attached to an aromatic ring is 1. The molecule has 2 aromatic rings. The van der Waals surface area contributed by atoms with Crippen LogP contribution in [0.1, 0.15) is 20.9 Å². The molecule has 122 valence electrons. The summed E-state index contributed by atoms with van der Waals surface area (Å²) in [7, 11) is 0. The SMILES string of the molecule is Cl.Nc1ccc(C(=O)N2CCN(C(=O)c3ccco3)CC2)cc1. The molecule has 1 aliphatic rings. The van der Waals surface area contributed by atoms with Crippen molar-refractivity contribution < 1.29 is 14.0 Å². The minimum atomic E-state index is -0.135. The van der Waals surface area contributed by atoms with Crippen molar-refractivity contribution in [2.24, 2.45) is 0 Å². The zero-order valence-corrected chi connectivity index (χ0v) is 13.3. The highest BCUT2D eigenvalue weighted by Crippen LogP contribution is 2.13. The van der Waals surface area contributed by atoms with Gasteiger partial charge >= 0.3 is 0 Å². The first-order valence-electron chi connectivity index (χ1n) is 7.13. The molecule has 2 N–H and O–H groups in total. The summed E-state index contributed by atoms with van der Waals surface area (Å²) in [5, 5.41) is 0. The predicted octanol–water partition coefficient (Wildman–Crippen LogP) is 1.88. The first kappa shape index (κ1) is 16.9. The molecular formula is C16H18ClN3O3. The third kappa shape index (κ3) is 3.65. The molecule has 1 aromatic heterocycles. The summed E-state index contributed by atoms with van der Waals surface area (Å²) in [5.41, 5.74) is 6.87. The van der Waals surface area contributed by atoms with E-state index in [9.17, 15) is 9.59 Å². The Morgan fingerprint density at radius 1 is 0.913 bits per heavy atom. The summed E-state index contributed by atoms with van der Waals surface area (Å²) >= 11 is 0. The van der Waals surface area contributed by atoms with Gasteiger partial charge in [0.05, 0.1) is 6.26 Å². The number of benzene rings is 1. The molecule has 0 spiro atoms. The van der Waals surface area contributed by atoms with Gasteiger partial charge in [-0.1, -0.05) is 0 Å². The Hall–Kier alpha value is -2.47. The molecule has 0 atom stereocenters. The lowest BCUT2D eigenvalue weighted by Crippen LogP contribution is -2.50. The van der Waals surface area contributed by atoms with Crippen LogP contribution in [0.15, 0.2) is 47.1 Å². The third-order valence-electron chi connectivity index (χ3n) is 3.74. The number of halogens is 1. The molecule has 2 amide bonds. The lowest BCUT2D eigenvalue weighted by molar-refractivity contribution is 0.0518. The fraction of sp³-hybridized carbons (Fsp3) is 0.250. The highest BCUT2D eigenvalue weighted by atomic mass is 35.5. The number of nitrogens with two attached hydrogens (primary N) is 1. The fourth-order valence-corrected chi connectivity index (χ4v) is 2.48. The zero-order valence-electron chi connectivity index (χ0n) is 12.5. The number of anilines is 1. The van der Waals surface area contributed by atoms with Gasteiger partial charge in [0, 0.05) is 37.4 Å². The fourth-order valence-electron chi connectivity index (χ4n) is 2.48. The Balaban J connectivity index is 0.00000192. The molecule has 0 aliphatic carbocycles. The number of hydrogen-bond acceptors (Lipinski definition) is 4. The Labute approximate surface area is 140 Å². The first-order valence-corrected chi connectivity index (χ1v) is 7.13. The summed E-state index contributed by atoms with van der Waals surface area (Å²) < 4.78 is 5.12. The third-order valence-corrected chi connectivity index (χ3v) is 3.74. The number of carbonyl (C=O) groups is 2. The van der Waals surface area contributed by atoms with Crippen molar-refractivity contribution in [3.63, 3.8) is 0 Å². The number of hydrogen-bond donors (Lipinski definition) is 1. The van der Waals surface area contributed by atoms with E-state index in [1.54, 1.807) is 46.2 Å².